The lowest BCUT2D eigenvalue weighted by Gasteiger charge is -2.44. The molecular formula is C32H29F11N6O. The Hall–Kier alpha value is -4.48. The average Bonchev–Trinajstić information content (AvgIpc) is 3.45. The van der Waals surface area contributed by atoms with Crippen LogP contribution >= 0.6 is 0 Å². The van der Waals surface area contributed by atoms with Crippen molar-refractivity contribution in [1.82, 2.24) is 25.1 Å². The summed E-state index contributed by atoms with van der Waals surface area (Å²) in [6.45, 7) is 1.35. The fraction of sp³-hybridized carbons (Fsp3) is 0.406. The van der Waals surface area contributed by atoms with Crippen LogP contribution in [0.25, 0.3) is 0 Å². The lowest BCUT2D eigenvalue weighted by atomic mass is 9.92. The first-order valence-electron chi connectivity index (χ1n) is 15.1. The molecular weight excluding hydrogens is 693 g/mol. The van der Waals surface area contributed by atoms with E-state index in [1.54, 1.807) is 6.92 Å². The maximum Gasteiger partial charge on any atom is 0.416 e. The number of rotatable bonds is 11. The third-order valence-electron chi connectivity index (χ3n) is 8.11. The van der Waals surface area contributed by atoms with Crippen LogP contribution in [-0.4, -0.2) is 44.3 Å². The van der Waals surface area contributed by atoms with Crippen molar-refractivity contribution in [2.45, 2.75) is 63.5 Å². The zero-order chi connectivity index (χ0) is 36.6. The van der Waals surface area contributed by atoms with E-state index in [0.29, 0.717) is 24.1 Å². The molecule has 0 aliphatic carbocycles. The van der Waals surface area contributed by atoms with Crippen LogP contribution in [0.15, 0.2) is 60.7 Å². The standard InChI is InChI=1S/C32H29F11N6O/c1-3-27(48-16-25(17-48)50-24-6-4-5-21(13-24)30(35,36)37)26-8-7-22(31(38,39)40)12-20(26)15-49(29-44-46-47(2)45-29)14-18-9-19(28(33)34)11-23(10-18)32(41,42)43/h4-13,25,27-28H,3,14-17H2,1-2H3. The molecule has 1 aliphatic heterocycles. The highest BCUT2D eigenvalue weighted by atomic mass is 19.4. The summed E-state index contributed by atoms with van der Waals surface area (Å²) in [6.07, 6.45) is -17.7. The van der Waals surface area contributed by atoms with E-state index in [1.807, 2.05) is 4.90 Å². The molecule has 3 aromatic carbocycles. The van der Waals surface area contributed by atoms with E-state index in [4.69, 9.17) is 4.74 Å². The highest BCUT2D eigenvalue weighted by Gasteiger charge is 2.38. The number of hydrogen-bond donors (Lipinski definition) is 0. The van der Waals surface area contributed by atoms with Gasteiger partial charge in [-0.3, -0.25) is 4.90 Å². The molecule has 0 saturated carbocycles. The van der Waals surface area contributed by atoms with E-state index in [0.717, 1.165) is 35.1 Å². The van der Waals surface area contributed by atoms with Gasteiger partial charge in [-0.15, -0.1) is 5.10 Å². The van der Waals surface area contributed by atoms with Crippen LogP contribution in [0.5, 0.6) is 5.75 Å². The predicted octanol–water partition coefficient (Wildman–Crippen LogP) is 8.63. The van der Waals surface area contributed by atoms with E-state index >= 15 is 0 Å². The summed E-state index contributed by atoms with van der Waals surface area (Å²) in [5.74, 6) is -0.178. The smallest absolute Gasteiger partial charge is 0.416 e. The third kappa shape index (κ3) is 8.62. The molecule has 0 N–H and O–H groups in total. The number of anilines is 1. The molecule has 4 aromatic rings. The van der Waals surface area contributed by atoms with Gasteiger partial charge in [0.15, 0.2) is 0 Å². The highest BCUT2D eigenvalue weighted by Crippen LogP contribution is 2.39. The zero-order valence-electron chi connectivity index (χ0n) is 26.3. The maximum absolute atomic E-state index is 13.9. The van der Waals surface area contributed by atoms with E-state index in [-0.39, 0.29) is 42.5 Å². The first kappa shape index (κ1) is 36.8. The monoisotopic (exact) mass is 722 g/mol. The summed E-state index contributed by atoms with van der Waals surface area (Å²) in [5.41, 5.74) is -3.82. The molecule has 50 heavy (non-hydrogen) atoms. The Morgan fingerprint density at radius 2 is 1.48 bits per heavy atom. The number of alkyl halides is 11. The molecule has 2 heterocycles. The van der Waals surface area contributed by atoms with Gasteiger partial charge >= 0.3 is 18.5 Å². The molecule has 1 atom stereocenters. The lowest BCUT2D eigenvalue weighted by molar-refractivity contribution is -0.138. The molecule has 5 rings (SSSR count). The number of aryl methyl sites for hydroxylation is 1. The minimum absolute atomic E-state index is 0.00412. The van der Waals surface area contributed by atoms with Gasteiger partial charge in [0.2, 0.25) is 0 Å². The number of halogens is 11. The average molecular weight is 723 g/mol. The first-order valence-corrected chi connectivity index (χ1v) is 15.1. The van der Waals surface area contributed by atoms with Crippen molar-refractivity contribution in [2.75, 3.05) is 18.0 Å². The summed E-state index contributed by atoms with van der Waals surface area (Å²) in [4.78, 5) is 4.13. The SMILES string of the molecule is CCC(c1ccc(C(F)(F)F)cc1CN(Cc1cc(C(F)F)cc(C(F)(F)F)c1)c1nnn(C)n1)N1CC(Oc2cccc(C(F)(F)F)c2)C1. The Kier molecular flexibility index (Phi) is 10.3. The van der Waals surface area contributed by atoms with Crippen LogP contribution in [0.1, 0.15) is 64.8 Å². The molecule has 7 nitrogen and oxygen atoms in total. The Morgan fingerprint density at radius 1 is 0.820 bits per heavy atom. The second-order valence-electron chi connectivity index (χ2n) is 11.8. The molecule has 270 valence electrons. The second kappa shape index (κ2) is 14.0. The highest BCUT2D eigenvalue weighted by molar-refractivity contribution is 5.42. The Labute approximate surface area is 278 Å². The normalized spacial score (nSPS) is 15.3. The minimum Gasteiger partial charge on any atom is -0.488 e. The summed E-state index contributed by atoms with van der Waals surface area (Å²) in [7, 11) is 1.39. The fourth-order valence-corrected chi connectivity index (χ4v) is 5.78. The summed E-state index contributed by atoms with van der Waals surface area (Å²) < 4.78 is 155. The number of hydrogen-bond acceptors (Lipinski definition) is 6. The van der Waals surface area contributed by atoms with Crippen LogP contribution in [0.3, 0.4) is 0 Å². The van der Waals surface area contributed by atoms with Gasteiger partial charge in [-0.05, 0) is 76.9 Å². The molecule has 0 amide bonds. The van der Waals surface area contributed by atoms with E-state index in [1.165, 1.54) is 30.1 Å². The molecule has 1 unspecified atom stereocenters. The molecule has 0 spiro atoms. The maximum atomic E-state index is 13.9. The van der Waals surface area contributed by atoms with Crippen molar-refractivity contribution >= 4 is 5.95 Å². The minimum atomic E-state index is -4.96. The number of nitrogens with zero attached hydrogens (tertiary/aromatic N) is 6. The molecule has 1 aliphatic rings. The van der Waals surface area contributed by atoms with Crippen molar-refractivity contribution in [3.63, 3.8) is 0 Å². The van der Waals surface area contributed by atoms with Crippen molar-refractivity contribution in [2.24, 2.45) is 7.05 Å². The van der Waals surface area contributed by atoms with Gasteiger partial charge in [0.1, 0.15) is 11.9 Å². The Balaban J connectivity index is 1.46. The first-order chi connectivity index (χ1) is 23.3. The zero-order valence-corrected chi connectivity index (χ0v) is 26.3. The summed E-state index contributed by atoms with van der Waals surface area (Å²) in [5, 5.41) is 11.7. The van der Waals surface area contributed by atoms with Gasteiger partial charge in [-0.2, -0.15) is 44.3 Å². The van der Waals surface area contributed by atoms with Gasteiger partial charge in [-0.25, -0.2) is 8.78 Å². The molecule has 18 heteroatoms. The van der Waals surface area contributed by atoms with Crippen LogP contribution in [0.4, 0.5) is 54.2 Å². The molecule has 0 bridgehead atoms. The second-order valence-corrected chi connectivity index (χ2v) is 11.8. The van der Waals surface area contributed by atoms with Gasteiger partial charge in [0, 0.05) is 37.8 Å². The van der Waals surface area contributed by atoms with Gasteiger partial charge in [0.25, 0.3) is 12.4 Å². The van der Waals surface area contributed by atoms with Crippen LogP contribution in [-0.2, 0) is 38.7 Å². The summed E-state index contributed by atoms with van der Waals surface area (Å²) >= 11 is 0. The van der Waals surface area contributed by atoms with Crippen LogP contribution in [0.2, 0.25) is 0 Å². The fourth-order valence-electron chi connectivity index (χ4n) is 5.78. The van der Waals surface area contributed by atoms with E-state index in [9.17, 15) is 48.3 Å². The Bertz CT molecular complexity index is 1780. The van der Waals surface area contributed by atoms with Crippen LogP contribution in [0, 0.1) is 0 Å². The molecule has 1 aromatic heterocycles. The van der Waals surface area contributed by atoms with Gasteiger partial charge < -0.3 is 9.64 Å². The third-order valence-corrected chi connectivity index (χ3v) is 8.11. The largest absolute Gasteiger partial charge is 0.488 e. The van der Waals surface area contributed by atoms with Crippen molar-refractivity contribution < 1.29 is 53.0 Å². The van der Waals surface area contributed by atoms with Gasteiger partial charge in [-0.1, -0.05) is 24.2 Å². The van der Waals surface area contributed by atoms with E-state index < -0.39 is 65.9 Å². The number of likely N-dealkylation sites (tertiary alicyclic amines) is 1. The van der Waals surface area contributed by atoms with E-state index in [2.05, 4.69) is 15.4 Å². The number of tetrazole rings is 1. The predicted molar refractivity (Wildman–Crippen MR) is 157 cm³/mol. The molecule has 1 saturated heterocycles. The quantitative estimate of drug-likeness (QED) is 0.145. The number of benzene rings is 3. The summed E-state index contributed by atoms with van der Waals surface area (Å²) in [6, 6.07) is 8.81. The molecule has 0 radical (unpaired) electrons. The van der Waals surface area contributed by atoms with Crippen molar-refractivity contribution in [1.29, 1.82) is 0 Å². The number of ether oxygens (including phenoxy) is 1. The lowest BCUT2D eigenvalue weighted by Crippen LogP contribution is -2.55. The molecule has 1 fully saturated rings. The topological polar surface area (TPSA) is 59.3 Å². The Morgan fingerprint density at radius 3 is 2.06 bits per heavy atom. The number of aromatic nitrogens is 4. The van der Waals surface area contributed by atoms with Crippen molar-refractivity contribution in [3.05, 3.63) is 99.6 Å². The van der Waals surface area contributed by atoms with Crippen LogP contribution < -0.4 is 9.64 Å². The van der Waals surface area contributed by atoms with Gasteiger partial charge in [0.05, 0.1) is 23.7 Å². The van der Waals surface area contributed by atoms with Crippen molar-refractivity contribution in [3.8, 4) is 5.75 Å².